The zero-order valence-electron chi connectivity index (χ0n) is 18.1. The molecule has 0 aliphatic carbocycles. The van der Waals surface area contributed by atoms with Gasteiger partial charge in [-0.1, -0.05) is 0 Å². The fraction of sp³-hybridized carbons (Fsp3) is 0.143. The second-order valence-electron chi connectivity index (χ2n) is 7.07. The van der Waals surface area contributed by atoms with Crippen LogP contribution in [0.4, 0.5) is 11.4 Å². The molecular formula is C21H17N5O9. The highest BCUT2D eigenvalue weighted by molar-refractivity contribution is 6.11. The van der Waals surface area contributed by atoms with Crippen LogP contribution >= 0.6 is 0 Å². The molecule has 0 spiro atoms. The molecular weight excluding hydrogens is 466 g/mol. The van der Waals surface area contributed by atoms with Crippen molar-refractivity contribution in [2.75, 3.05) is 12.4 Å². The van der Waals surface area contributed by atoms with Gasteiger partial charge in [0.1, 0.15) is 11.4 Å². The van der Waals surface area contributed by atoms with Crippen LogP contribution in [0.3, 0.4) is 0 Å². The number of nitrogens with one attached hydrogen (secondary N) is 3. The van der Waals surface area contributed by atoms with E-state index >= 15 is 0 Å². The Bertz CT molecular complexity index is 1520. The largest absolute Gasteiger partial charge is 0.494 e. The molecule has 1 unspecified atom stereocenters. The molecule has 0 saturated heterocycles. The molecule has 0 radical (unpaired) electrons. The molecule has 3 aromatic rings. The van der Waals surface area contributed by atoms with Crippen LogP contribution in [0.25, 0.3) is 11.0 Å². The molecule has 14 heteroatoms. The predicted molar refractivity (Wildman–Crippen MR) is 120 cm³/mol. The lowest BCUT2D eigenvalue weighted by atomic mass is 10.1. The van der Waals surface area contributed by atoms with E-state index in [0.717, 1.165) is 25.1 Å². The number of carboxylic acids is 2. The first-order chi connectivity index (χ1) is 16.5. The maximum atomic E-state index is 12.8. The predicted octanol–water partition coefficient (Wildman–Crippen LogP) is 1.30. The third-order valence-electron chi connectivity index (χ3n) is 4.69. The Kier molecular flexibility index (Phi) is 6.85. The highest BCUT2D eigenvalue weighted by atomic mass is 16.5. The number of anilines is 1. The SMILES string of the molecule is COc1cc2[nH]c(=O)c(=O)[nH]c2cc1NC(=O)C(N=Nc1cc(C(=O)O)ccc1C(=O)O)C(C)=O. The number of Topliss-reactive ketones (excluding diaryl/α,β-unsaturated/α-hetero) is 1. The van der Waals surface area contributed by atoms with Gasteiger partial charge < -0.3 is 30.2 Å². The van der Waals surface area contributed by atoms with Crippen LogP contribution in [0.1, 0.15) is 27.6 Å². The maximum Gasteiger partial charge on any atom is 0.337 e. The van der Waals surface area contributed by atoms with Crippen LogP contribution < -0.4 is 21.2 Å². The van der Waals surface area contributed by atoms with Gasteiger partial charge in [-0.2, -0.15) is 10.2 Å². The van der Waals surface area contributed by atoms with Crippen LogP contribution in [0, 0.1) is 0 Å². The fourth-order valence-electron chi connectivity index (χ4n) is 2.98. The van der Waals surface area contributed by atoms with Crippen LogP contribution in [-0.2, 0) is 9.59 Å². The average molecular weight is 483 g/mol. The molecule has 35 heavy (non-hydrogen) atoms. The molecule has 3 rings (SSSR count). The zero-order valence-corrected chi connectivity index (χ0v) is 18.1. The number of rotatable bonds is 8. The van der Waals surface area contributed by atoms with Gasteiger partial charge in [-0.25, -0.2) is 9.59 Å². The number of aromatic nitrogens is 2. The molecule has 0 fully saturated rings. The Hall–Kier alpha value is -5.14. The number of hydrogen-bond acceptors (Lipinski definition) is 9. The summed E-state index contributed by atoms with van der Waals surface area (Å²) < 4.78 is 5.18. The number of benzene rings is 2. The Labute approximate surface area is 194 Å². The summed E-state index contributed by atoms with van der Waals surface area (Å²) >= 11 is 0. The van der Waals surface area contributed by atoms with E-state index in [0.29, 0.717) is 0 Å². The molecule has 180 valence electrons. The second-order valence-corrected chi connectivity index (χ2v) is 7.07. The lowest BCUT2D eigenvalue weighted by Gasteiger charge is -2.13. The number of hydrogen-bond donors (Lipinski definition) is 5. The molecule has 0 bridgehead atoms. The number of methoxy groups -OCH3 is 1. The third-order valence-corrected chi connectivity index (χ3v) is 4.69. The van der Waals surface area contributed by atoms with Crippen molar-refractivity contribution in [3.63, 3.8) is 0 Å². The Morgan fingerprint density at radius 3 is 2.14 bits per heavy atom. The van der Waals surface area contributed by atoms with Crippen molar-refractivity contribution in [3.05, 3.63) is 62.2 Å². The van der Waals surface area contributed by atoms with E-state index in [2.05, 4.69) is 25.5 Å². The lowest BCUT2D eigenvalue weighted by molar-refractivity contribution is -0.126. The number of carboxylic acid groups (broad SMARTS) is 2. The van der Waals surface area contributed by atoms with Crippen molar-refractivity contribution in [3.8, 4) is 5.75 Å². The minimum Gasteiger partial charge on any atom is -0.494 e. The summed E-state index contributed by atoms with van der Waals surface area (Å²) in [6, 6.07) is 3.89. The first kappa shape index (κ1) is 24.5. The molecule has 1 aromatic heterocycles. The molecule has 2 aromatic carbocycles. The van der Waals surface area contributed by atoms with E-state index in [4.69, 9.17) is 9.84 Å². The quantitative estimate of drug-likeness (QED) is 0.177. The Balaban J connectivity index is 1.98. The van der Waals surface area contributed by atoms with Crippen molar-refractivity contribution >= 4 is 46.0 Å². The van der Waals surface area contributed by atoms with Crippen molar-refractivity contribution in [2.24, 2.45) is 10.2 Å². The van der Waals surface area contributed by atoms with E-state index in [1.54, 1.807) is 0 Å². The van der Waals surface area contributed by atoms with Gasteiger partial charge in [0.25, 0.3) is 5.91 Å². The molecule has 1 atom stereocenters. The van der Waals surface area contributed by atoms with Crippen molar-refractivity contribution < 1.29 is 34.1 Å². The number of nitrogens with zero attached hydrogens (tertiary/aromatic N) is 2. The van der Waals surface area contributed by atoms with Crippen LogP contribution in [-0.4, -0.2) is 57.0 Å². The highest BCUT2D eigenvalue weighted by Gasteiger charge is 2.25. The van der Waals surface area contributed by atoms with E-state index in [1.807, 2.05) is 0 Å². The van der Waals surface area contributed by atoms with Crippen molar-refractivity contribution in [1.29, 1.82) is 0 Å². The van der Waals surface area contributed by atoms with Crippen molar-refractivity contribution in [1.82, 2.24) is 9.97 Å². The van der Waals surface area contributed by atoms with Gasteiger partial charge in [0.2, 0.25) is 6.04 Å². The summed E-state index contributed by atoms with van der Waals surface area (Å²) in [6.07, 6.45) is 0. The van der Waals surface area contributed by atoms with Gasteiger partial charge in [0.05, 0.1) is 35.0 Å². The van der Waals surface area contributed by atoms with Gasteiger partial charge in [-0.05, 0) is 31.2 Å². The van der Waals surface area contributed by atoms with Gasteiger partial charge in [-0.3, -0.25) is 19.2 Å². The summed E-state index contributed by atoms with van der Waals surface area (Å²) in [7, 11) is 1.28. The number of aromatic carboxylic acids is 2. The zero-order chi connectivity index (χ0) is 25.9. The number of carbonyl (C=O) groups is 4. The van der Waals surface area contributed by atoms with Crippen LogP contribution in [0.15, 0.2) is 50.1 Å². The number of amides is 1. The topological polar surface area (TPSA) is 220 Å². The van der Waals surface area contributed by atoms with Crippen molar-refractivity contribution in [2.45, 2.75) is 13.0 Å². The molecule has 0 saturated carbocycles. The second kappa shape index (κ2) is 9.78. The molecule has 0 aliphatic heterocycles. The van der Waals surface area contributed by atoms with E-state index in [9.17, 15) is 33.9 Å². The van der Waals surface area contributed by atoms with Crippen LogP contribution in [0.5, 0.6) is 5.75 Å². The van der Waals surface area contributed by atoms with E-state index in [-0.39, 0.29) is 33.7 Å². The minimum atomic E-state index is -1.74. The van der Waals surface area contributed by atoms with E-state index < -0.39 is 46.4 Å². The molecule has 5 N–H and O–H groups in total. The van der Waals surface area contributed by atoms with E-state index in [1.165, 1.54) is 19.2 Å². The summed E-state index contributed by atoms with van der Waals surface area (Å²) in [4.78, 5) is 75.4. The fourth-order valence-corrected chi connectivity index (χ4v) is 2.98. The number of ether oxygens (including phenoxy) is 1. The van der Waals surface area contributed by atoms with Gasteiger partial charge >= 0.3 is 23.1 Å². The first-order valence-corrected chi connectivity index (χ1v) is 9.69. The molecule has 1 heterocycles. The van der Waals surface area contributed by atoms with Gasteiger partial charge in [0.15, 0.2) is 5.78 Å². The monoisotopic (exact) mass is 483 g/mol. The molecule has 0 aliphatic rings. The summed E-state index contributed by atoms with van der Waals surface area (Å²) in [6.45, 7) is 1.05. The third kappa shape index (κ3) is 5.27. The summed E-state index contributed by atoms with van der Waals surface area (Å²) in [5.74, 6) is -4.42. The number of carbonyl (C=O) groups excluding carboxylic acids is 2. The van der Waals surface area contributed by atoms with Crippen LogP contribution in [0.2, 0.25) is 0 Å². The number of ketones is 1. The number of aromatic amines is 2. The van der Waals surface area contributed by atoms with Gasteiger partial charge in [-0.15, -0.1) is 0 Å². The number of fused-ring (bicyclic) bond motifs is 1. The Morgan fingerprint density at radius 1 is 0.971 bits per heavy atom. The molecule has 14 nitrogen and oxygen atoms in total. The average Bonchev–Trinajstić information content (AvgIpc) is 2.79. The Morgan fingerprint density at radius 2 is 1.60 bits per heavy atom. The first-order valence-electron chi connectivity index (χ1n) is 9.69. The summed E-state index contributed by atoms with van der Waals surface area (Å²) in [5, 5.41) is 28.1. The minimum absolute atomic E-state index is 0.0215. The lowest BCUT2D eigenvalue weighted by Crippen LogP contribution is -2.32. The van der Waals surface area contributed by atoms with Gasteiger partial charge in [0, 0.05) is 6.07 Å². The number of azo groups is 1. The normalized spacial score (nSPS) is 11.8. The maximum absolute atomic E-state index is 12.8. The highest BCUT2D eigenvalue weighted by Crippen LogP contribution is 2.28. The number of H-pyrrole nitrogens is 2. The summed E-state index contributed by atoms with van der Waals surface area (Å²) in [5.41, 5.74) is -2.46. The smallest absolute Gasteiger partial charge is 0.337 e. The molecule has 1 amide bonds. The standard InChI is InChI=1S/C21H17N5O9/c1-8(27)16(26-25-11-5-9(20(31)32)3-4-10(11)21(33)34)17(28)24-14-6-12-13(7-15(14)35-2)23-19(30)18(29)22-12/h3-7,16H,1-2H3,(H,22,29)(H,23,30)(H,24,28)(H,31,32)(H,33,34).